The Hall–Kier alpha value is -1.07. The molecule has 2 rings (SSSR count). The molecule has 1 fully saturated rings. The fourth-order valence-corrected chi connectivity index (χ4v) is 6.19. The van der Waals surface area contributed by atoms with Crippen LogP contribution in [0.2, 0.25) is 0 Å². The van der Waals surface area contributed by atoms with Crippen molar-refractivity contribution < 1.29 is 4.79 Å². The SMILES string of the molecule is CCCN1C2=C(CC)N(C(C)=O)C(CC)(CC)N(C)C2(C)N(CCC)C1(C)C. The van der Waals surface area contributed by atoms with E-state index in [1.807, 2.05) is 0 Å². The van der Waals surface area contributed by atoms with Crippen molar-refractivity contribution in [2.45, 2.75) is 111 Å². The maximum Gasteiger partial charge on any atom is 0.225 e. The number of allylic oxidation sites excluding steroid dienone is 1. The predicted octanol–water partition coefficient (Wildman–Crippen LogP) is 4.81. The Kier molecular flexibility index (Phi) is 6.62. The van der Waals surface area contributed by atoms with Crippen molar-refractivity contribution in [3.05, 3.63) is 11.4 Å². The third kappa shape index (κ3) is 2.84. The lowest BCUT2D eigenvalue weighted by atomic mass is 9.86. The van der Waals surface area contributed by atoms with Crippen molar-refractivity contribution in [1.82, 2.24) is 19.6 Å². The quantitative estimate of drug-likeness (QED) is 0.622. The number of hydrogen-bond acceptors (Lipinski definition) is 4. The van der Waals surface area contributed by atoms with Gasteiger partial charge in [0.05, 0.1) is 11.4 Å². The second kappa shape index (κ2) is 7.98. The summed E-state index contributed by atoms with van der Waals surface area (Å²) in [6.07, 6.45) is 4.91. The van der Waals surface area contributed by atoms with Crippen LogP contribution in [0.1, 0.15) is 94.4 Å². The zero-order chi connectivity index (χ0) is 21.5. The van der Waals surface area contributed by atoms with Crippen LogP contribution in [0.3, 0.4) is 0 Å². The molecular weight excluding hydrogens is 348 g/mol. The van der Waals surface area contributed by atoms with Gasteiger partial charge in [-0.3, -0.25) is 19.5 Å². The third-order valence-electron chi connectivity index (χ3n) is 7.48. The summed E-state index contributed by atoms with van der Waals surface area (Å²) in [5.41, 5.74) is 1.95. The van der Waals surface area contributed by atoms with Gasteiger partial charge in [0.2, 0.25) is 5.91 Å². The Balaban J connectivity index is 2.93. The zero-order valence-electron chi connectivity index (χ0n) is 20.1. The number of amides is 1. The summed E-state index contributed by atoms with van der Waals surface area (Å²) in [4.78, 5) is 22.9. The van der Waals surface area contributed by atoms with Gasteiger partial charge in [-0.1, -0.05) is 34.6 Å². The van der Waals surface area contributed by atoms with Crippen LogP contribution in [0.15, 0.2) is 11.4 Å². The molecule has 5 nitrogen and oxygen atoms in total. The summed E-state index contributed by atoms with van der Waals surface area (Å²) in [5, 5.41) is 0. The lowest BCUT2D eigenvalue weighted by Crippen LogP contribution is -2.73. The minimum atomic E-state index is -0.292. The Labute approximate surface area is 173 Å². The van der Waals surface area contributed by atoms with Gasteiger partial charge in [-0.15, -0.1) is 0 Å². The predicted molar refractivity (Wildman–Crippen MR) is 117 cm³/mol. The summed E-state index contributed by atoms with van der Waals surface area (Å²) >= 11 is 0. The standard InChI is InChI=1S/C23H44N4O/c1-11-16-25-20-19(13-3)27(18(6)28)23(14-4,15-5)24(10)22(20,9)26(17-12-2)21(25,7)8/h11-17H2,1-10H3. The fourth-order valence-electron chi connectivity index (χ4n) is 6.19. The van der Waals surface area contributed by atoms with Crippen LogP contribution in [0.5, 0.6) is 0 Å². The van der Waals surface area contributed by atoms with Gasteiger partial charge >= 0.3 is 0 Å². The maximum absolute atomic E-state index is 13.0. The molecule has 1 unspecified atom stereocenters. The molecule has 2 aliphatic heterocycles. The molecule has 0 aromatic heterocycles. The van der Waals surface area contributed by atoms with Crippen LogP contribution in [0.25, 0.3) is 0 Å². The van der Waals surface area contributed by atoms with E-state index in [2.05, 4.69) is 82.0 Å². The van der Waals surface area contributed by atoms with Crippen LogP contribution in [0, 0.1) is 0 Å². The highest BCUT2D eigenvalue weighted by molar-refractivity contribution is 5.77. The summed E-state index contributed by atoms with van der Waals surface area (Å²) in [7, 11) is 2.24. The molecule has 162 valence electrons. The van der Waals surface area contributed by atoms with E-state index in [-0.39, 0.29) is 22.9 Å². The number of rotatable bonds is 7. The molecule has 0 spiro atoms. The molecule has 0 N–H and O–H groups in total. The van der Waals surface area contributed by atoms with Crippen molar-refractivity contribution in [3.63, 3.8) is 0 Å². The van der Waals surface area contributed by atoms with Gasteiger partial charge in [-0.25, -0.2) is 0 Å². The van der Waals surface area contributed by atoms with Crippen molar-refractivity contribution in [2.24, 2.45) is 0 Å². The number of likely N-dealkylation sites (N-methyl/N-ethyl adjacent to an activating group) is 1. The number of fused-ring (bicyclic) bond motifs is 1. The smallest absolute Gasteiger partial charge is 0.225 e. The molecule has 0 aromatic rings. The summed E-state index contributed by atoms with van der Waals surface area (Å²) < 4.78 is 0. The first-order valence-electron chi connectivity index (χ1n) is 11.4. The number of nitrogens with zero attached hydrogens (tertiary/aromatic N) is 4. The maximum atomic E-state index is 13.0. The van der Waals surface area contributed by atoms with Gasteiger partial charge in [0, 0.05) is 25.7 Å². The van der Waals surface area contributed by atoms with E-state index in [1.54, 1.807) is 6.92 Å². The summed E-state index contributed by atoms with van der Waals surface area (Å²) in [6.45, 7) is 22.1. The van der Waals surface area contributed by atoms with Gasteiger partial charge in [0.15, 0.2) is 0 Å². The summed E-state index contributed by atoms with van der Waals surface area (Å²) in [6, 6.07) is 0. The molecule has 2 heterocycles. The zero-order valence-corrected chi connectivity index (χ0v) is 20.1. The lowest BCUT2D eigenvalue weighted by molar-refractivity contribution is -0.169. The number of carbonyl (C=O) groups is 1. The largest absolute Gasteiger partial charge is 0.353 e. The van der Waals surface area contributed by atoms with E-state index in [1.165, 1.54) is 11.4 Å². The second-order valence-corrected chi connectivity index (χ2v) is 9.07. The van der Waals surface area contributed by atoms with Gasteiger partial charge in [-0.05, 0) is 59.9 Å². The lowest BCUT2D eigenvalue weighted by Gasteiger charge is -2.61. The van der Waals surface area contributed by atoms with E-state index in [4.69, 9.17) is 0 Å². The van der Waals surface area contributed by atoms with Crippen molar-refractivity contribution >= 4 is 5.91 Å². The van der Waals surface area contributed by atoms with Gasteiger partial charge < -0.3 is 4.90 Å². The van der Waals surface area contributed by atoms with E-state index >= 15 is 0 Å². The first kappa shape index (κ1) is 23.2. The molecule has 0 aromatic carbocycles. The van der Waals surface area contributed by atoms with Crippen LogP contribution in [-0.4, -0.2) is 62.6 Å². The molecule has 5 heteroatoms. The average molecular weight is 393 g/mol. The molecule has 28 heavy (non-hydrogen) atoms. The molecule has 1 saturated heterocycles. The minimum absolute atomic E-state index is 0.0925. The van der Waals surface area contributed by atoms with E-state index < -0.39 is 0 Å². The topological polar surface area (TPSA) is 30.0 Å². The Morgan fingerprint density at radius 1 is 0.929 bits per heavy atom. The number of hydrogen-bond donors (Lipinski definition) is 0. The monoisotopic (exact) mass is 392 g/mol. The van der Waals surface area contributed by atoms with Crippen LogP contribution in [0.4, 0.5) is 0 Å². The molecule has 1 atom stereocenters. The molecule has 0 aliphatic carbocycles. The van der Waals surface area contributed by atoms with Gasteiger partial charge in [0.25, 0.3) is 0 Å². The minimum Gasteiger partial charge on any atom is -0.353 e. The van der Waals surface area contributed by atoms with Gasteiger partial charge in [0.1, 0.15) is 11.3 Å². The first-order chi connectivity index (χ1) is 13.1. The van der Waals surface area contributed by atoms with Crippen molar-refractivity contribution in [3.8, 4) is 0 Å². The number of carbonyl (C=O) groups excluding carboxylic acids is 1. The molecule has 0 saturated carbocycles. The normalized spacial score (nSPS) is 27.5. The van der Waals surface area contributed by atoms with Gasteiger partial charge in [-0.2, -0.15) is 0 Å². The van der Waals surface area contributed by atoms with Crippen LogP contribution >= 0.6 is 0 Å². The highest BCUT2D eigenvalue weighted by Crippen LogP contribution is 2.55. The molecule has 0 radical (unpaired) electrons. The highest BCUT2D eigenvalue weighted by Gasteiger charge is 2.65. The molecule has 1 amide bonds. The Morgan fingerprint density at radius 3 is 1.86 bits per heavy atom. The van der Waals surface area contributed by atoms with Crippen LogP contribution in [-0.2, 0) is 4.79 Å². The Bertz CT molecular complexity index is 622. The van der Waals surface area contributed by atoms with Crippen molar-refractivity contribution in [2.75, 3.05) is 20.1 Å². The highest BCUT2D eigenvalue weighted by atomic mass is 16.2. The second-order valence-electron chi connectivity index (χ2n) is 9.07. The molecular formula is C23H44N4O. The van der Waals surface area contributed by atoms with Crippen molar-refractivity contribution in [1.29, 1.82) is 0 Å². The van der Waals surface area contributed by atoms with E-state index in [9.17, 15) is 4.79 Å². The summed E-state index contributed by atoms with van der Waals surface area (Å²) in [5.74, 6) is 0.158. The van der Waals surface area contributed by atoms with E-state index in [0.29, 0.717) is 0 Å². The first-order valence-corrected chi connectivity index (χ1v) is 11.4. The van der Waals surface area contributed by atoms with E-state index in [0.717, 1.165) is 45.2 Å². The molecule has 0 bridgehead atoms. The third-order valence-corrected chi connectivity index (χ3v) is 7.48. The van der Waals surface area contributed by atoms with Crippen LogP contribution < -0.4 is 0 Å². The average Bonchev–Trinajstić information content (AvgIpc) is 2.81. The Morgan fingerprint density at radius 2 is 1.46 bits per heavy atom. The molecule has 2 aliphatic rings. The fraction of sp³-hybridized carbons (Fsp3) is 0.870.